The fourth-order valence-electron chi connectivity index (χ4n) is 6.11. The zero-order chi connectivity index (χ0) is 29.2. The van der Waals surface area contributed by atoms with E-state index in [2.05, 4.69) is 16.5 Å². The summed E-state index contributed by atoms with van der Waals surface area (Å²) in [6.07, 6.45) is 3.54. The van der Waals surface area contributed by atoms with E-state index < -0.39 is 17.5 Å². The molecule has 2 aliphatic heterocycles. The topological polar surface area (TPSA) is 92.3 Å². The van der Waals surface area contributed by atoms with Crippen LogP contribution < -0.4 is 15.2 Å². The highest BCUT2D eigenvalue weighted by Gasteiger charge is 2.41. The van der Waals surface area contributed by atoms with Crippen molar-refractivity contribution in [2.75, 3.05) is 24.5 Å². The average Bonchev–Trinajstić information content (AvgIpc) is 2.96. The molecule has 6 rings (SSSR count). The predicted molar refractivity (Wildman–Crippen MR) is 153 cm³/mol. The van der Waals surface area contributed by atoms with Gasteiger partial charge < -0.3 is 9.80 Å². The Labute approximate surface area is 240 Å². The third-order valence-corrected chi connectivity index (χ3v) is 8.30. The number of aldehydes is 1. The summed E-state index contributed by atoms with van der Waals surface area (Å²) < 4.78 is 18.8. The molecule has 208 valence electrons. The highest BCUT2D eigenvalue weighted by Crippen LogP contribution is 2.39. The largest absolute Gasteiger partial charge is 0.442 e. The van der Waals surface area contributed by atoms with E-state index in [9.17, 15) is 14.4 Å². The van der Waals surface area contributed by atoms with E-state index >= 15 is 4.39 Å². The van der Waals surface area contributed by atoms with Crippen molar-refractivity contribution in [3.05, 3.63) is 87.3 Å². The maximum absolute atomic E-state index is 15.5. The molecule has 1 saturated heterocycles. The van der Waals surface area contributed by atoms with E-state index in [-0.39, 0.29) is 33.8 Å². The molecule has 1 fully saturated rings. The Bertz CT molecular complexity index is 1850. The first-order chi connectivity index (χ1) is 19.7. The first-order valence-electron chi connectivity index (χ1n) is 13.3. The van der Waals surface area contributed by atoms with Gasteiger partial charge in [-0.2, -0.15) is 4.98 Å². The zero-order valence-electron chi connectivity index (χ0n) is 22.8. The molecule has 3 aromatic heterocycles. The van der Waals surface area contributed by atoms with E-state index in [0.717, 1.165) is 5.56 Å². The van der Waals surface area contributed by atoms with Crippen LogP contribution in [-0.2, 0) is 4.79 Å². The number of nitrogens with zero attached hydrogens (tertiary/aromatic N) is 6. The number of benzene rings is 1. The van der Waals surface area contributed by atoms with Gasteiger partial charge in [0.15, 0.2) is 23.5 Å². The second-order valence-corrected chi connectivity index (χ2v) is 10.8. The maximum atomic E-state index is 15.5. The number of hydrogen-bond acceptors (Lipinski definition) is 6. The Balaban J connectivity index is 1.71. The van der Waals surface area contributed by atoms with Gasteiger partial charge in [-0.25, -0.2) is 13.8 Å². The molecule has 2 aliphatic rings. The first kappa shape index (κ1) is 26.8. The van der Waals surface area contributed by atoms with Crippen LogP contribution in [0.5, 0.6) is 0 Å². The Morgan fingerprint density at radius 1 is 1.24 bits per heavy atom. The molecule has 0 spiro atoms. The van der Waals surface area contributed by atoms with Gasteiger partial charge in [0.05, 0.1) is 10.6 Å². The smallest absolute Gasteiger partial charge is 0.349 e. The lowest BCUT2D eigenvalue weighted by Gasteiger charge is -2.40. The second kappa shape index (κ2) is 9.88. The molecule has 0 bridgehead atoms. The molecule has 5 heterocycles. The summed E-state index contributed by atoms with van der Waals surface area (Å²) in [5, 5.41) is 0.772. The average molecular weight is 574 g/mol. The number of piperazine rings is 1. The third-order valence-electron chi connectivity index (χ3n) is 8.01. The van der Waals surface area contributed by atoms with Crippen LogP contribution in [0.3, 0.4) is 0 Å². The van der Waals surface area contributed by atoms with Gasteiger partial charge in [0.25, 0.3) is 0 Å². The minimum absolute atomic E-state index is 0.0413. The lowest BCUT2D eigenvalue weighted by Crippen LogP contribution is -2.55. The number of carbonyl (C=O) groups is 2. The fraction of sp³-hybridized carbons (Fsp3) is 0.267. The summed E-state index contributed by atoms with van der Waals surface area (Å²) in [5.41, 5.74) is 2.41. The molecule has 1 amide bonds. The fourth-order valence-corrected chi connectivity index (χ4v) is 6.41. The van der Waals surface area contributed by atoms with Crippen LogP contribution in [0.25, 0.3) is 28.0 Å². The molecule has 1 aromatic carbocycles. The molecule has 0 aliphatic carbocycles. The van der Waals surface area contributed by atoms with Crippen molar-refractivity contribution in [2.45, 2.75) is 32.9 Å². The van der Waals surface area contributed by atoms with Gasteiger partial charge >= 0.3 is 11.3 Å². The van der Waals surface area contributed by atoms with Crippen molar-refractivity contribution in [1.82, 2.24) is 19.4 Å². The van der Waals surface area contributed by atoms with Gasteiger partial charge in [0, 0.05) is 43.0 Å². The zero-order valence-corrected chi connectivity index (χ0v) is 23.5. The van der Waals surface area contributed by atoms with Crippen molar-refractivity contribution in [2.24, 2.45) is 0 Å². The van der Waals surface area contributed by atoms with Crippen molar-refractivity contribution < 1.29 is 18.5 Å². The minimum Gasteiger partial charge on any atom is -0.349 e. The lowest BCUT2D eigenvalue weighted by atomic mass is 9.99. The van der Waals surface area contributed by atoms with Crippen molar-refractivity contribution >= 4 is 40.6 Å². The number of carbonyl (C=O) groups excluding carboxylic acids is 2. The van der Waals surface area contributed by atoms with Crippen LogP contribution in [0.2, 0.25) is 5.02 Å². The van der Waals surface area contributed by atoms with Crippen LogP contribution in [-0.4, -0.2) is 57.3 Å². The molecule has 4 aromatic rings. The molecule has 41 heavy (non-hydrogen) atoms. The SMILES string of the molecule is C=CC(=O)N1CCN(c2nc(=O)n3c4c2cc(Cl)c(-c2c(F)cccc2C=O)[n+]4C(C)c2nccc(C)c2-3)[C@@H](C)C1. The number of amides is 1. The lowest BCUT2D eigenvalue weighted by molar-refractivity contribution is -0.679. The van der Waals surface area contributed by atoms with Crippen LogP contribution in [0.15, 0.2) is 54.0 Å². The second-order valence-electron chi connectivity index (χ2n) is 10.4. The number of fused-ring (bicyclic) bond motifs is 2. The molecular weight excluding hydrogens is 547 g/mol. The first-order valence-corrected chi connectivity index (χ1v) is 13.6. The Morgan fingerprint density at radius 3 is 2.73 bits per heavy atom. The summed E-state index contributed by atoms with van der Waals surface area (Å²) in [6.45, 7) is 10.6. The van der Waals surface area contributed by atoms with Crippen LogP contribution in [0.1, 0.15) is 41.5 Å². The highest BCUT2D eigenvalue weighted by molar-refractivity contribution is 6.33. The quantitative estimate of drug-likeness (QED) is 0.210. The molecule has 1 unspecified atom stereocenters. The number of aryl methyl sites for hydroxylation is 1. The number of hydrogen-bond donors (Lipinski definition) is 0. The van der Waals surface area contributed by atoms with E-state index in [0.29, 0.717) is 54.2 Å². The molecule has 2 atom stereocenters. The number of pyridine rings is 2. The Kier molecular flexibility index (Phi) is 6.45. The van der Waals surface area contributed by atoms with E-state index in [1.165, 1.54) is 28.8 Å². The van der Waals surface area contributed by atoms with E-state index in [4.69, 9.17) is 11.6 Å². The number of halogens is 2. The van der Waals surface area contributed by atoms with Crippen molar-refractivity contribution in [1.29, 1.82) is 0 Å². The molecule has 9 nitrogen and oxygen atoms in total. The normalized spacial score (nSPS) is 17.9. The van der Waals surface area contributed by atoms with E-state index in [1.807, 2.05) is 31.7 Å². The van der Waals surface area contributed by atoms with Gasteiger partial charge in [-0.1, -0.05) is 30.3 Å². The molecule has 0 N–H and O–H groups in total. The molecule has 0 radical (unpaired) electrons. The maximum Gasteiger partial charge on any atom is 0.442 e. The van der Waals surface area contributed by atoms with Gasteiger partial charge in [-0.05, 0) is 45.0 Å². The Hall–Kier alpha value is -4.44. The molecule has 0 saturated carbocycles. The third kappa shape index (κ3) is 3.96. The minimum atomic E-state index is -0.616. The van der Waals surface area contributed by atoms with Gasteiger partial charge in [0.2, 0.25) is 5.91 Å². The summed E-state index contributed by atoms with van der Waals surface area (Å²) in [4.78, 5) is 51.1. The van der Waals surface area contributed by atoms with Crippen molar-refractivity contribution in [3.8, 4) is 16.9 Å². The summed E-state index contributed by atoms with van der Waals surface area (Å²) >= 11 is 6.97. The van der Waals surface area contributed by atoms with Crippen molar-refractivity contribution in [3.63, 3.8) is 0 Å². The van der Waals surface area contributed by atoms with Gasteiger partial charge in [0.1, 0.15) is 22.9 Å². The summed E-state index contributed by atoms with van der Waals surface area (Å²) in [7, 11) is 0. The predicted octanol–water partition coefficient (Wildman–Crippen LogP) is 3.79. The van der Waals surface area contributed by atoms with Crippen LogP contribution in [0.4, 0.5) is 10.2 Å². The highest BCUT2D eigenvalue weighted by atomic mass is 35.5. The van der Waals surface area contributed by atoms with Gasteiger partial charge in [-0.3, -0.25) is 14.6 Å². The van der Waals surface area contributed by atoms with E-state index in [1.54, 1.807) is 21.7 Å². The summed E-state index contributed by atoms with van der Waals surface area (Å²) in [6, 6.07) is 7.12. The molecule has 11 heteroatoms. The number of rotatable bonds is 4. The van der Waals surface area contributed by atoms with Gasteiger partial charge in [-0.15, -0.1) is 4.57 Å². The monoisotopic (exact) mass is 573 g/mol. The number of aromatic nitrogens is 4. The Morgan fingerprint density at radius 2 is 2.02 bits per heavy atom. The molecular formula is C30H27ClFN6O3+. The standard InChI is InChI=1S/C30H27ClFN6O3/c1-5-23(40)35-11-12-36(17(3)14-35)28-20-13-21(31)27(24-19(15-39)7-6-8-22(24)32)37-18(4)25-26(16(2)9-10-33-25)38(29(20)37)30(41)34-28/h5-10,13,15,17-18H,1,11-12,14H2,2-4H3/q+1/t17-,18?/m0/s1. The van der Waals surface area contributed by atoms with Crippen LogP contribution >= 0.6 is 11.6 Å². The summed E-state index contributed by atoms with van der Waals surface area (Å²) in [5.74, 6) is -0.355. The number of anilines is 1. The van der Waals surface area contributed by atoms with Crippen LogP contribution in [0, 0.1) is 12.7 Å².